The van der Waals surface area contributed by atoms with Crippen LogP contribution < -0.4 is 5.32 Å². The first-order valence-electron chi connectivity index (χ1n) is 8.37. The molecule has 1 N–H and O–H groups in total. The fraction of sp³-hybridized carbons (Fsp3) is 0.368. The Morgan fingerprint density at radius 3 is 2.84 bits per heavy atom. The summed E-state index contributed by atoms with van der Waals surface area (Å²) in [7, 11) is 0. The van der Waals surface area contributed by atoms with Crippen LogP contribution in [0.2, 0.25) is 0 Å². The first-order valence-corrected chi connectivity index (χ1v) is 8.37. The number of nitrogens with zero attached hydrogens (tertiary/aromatic N) is 2. The molecule has 3 aliphatic heterocycles. The molecular weight excluding hydrogens is 321 g/mol. The Bertz CT molecular complexity index is 854. The maximum Gasteiger partial charge on any atom is 0.230 e. The monoisotopic (exact) mass is 341 g/mol. The smallest absolute Gasteiger partial charge is 0.230 e. The number of hydrogen-bond acceptors (Lipinski definition) is 5. The average Bonchev–Trinajstić information content (AvgIpc) is 3.26. The molecule has 0 fully saturated rings. The van der Waals surface area contributed by atoms with Gasteiger partial charge in [0.2, 0.25) is 6.79 Å². The summed E-state index contributed by atoms with van der Waals surface area (Å²) < 4.78 is 24.8. The van der Waals surface area contributed by atoms with Gasteiger partial charge < -0.3 is 14.8 Å². The molecule has 0 radical (unpaired) electrons. The largest absolute Gasteiger partial charge is 0.461 e. The second-order valence-electron chi connectivity index (χ2n) is 6.91. The lowest BCUT2D eigenvalue weighted by Gasteiger charge is -2.33. The van der Waals surface area contributed by atoms with E-state index in [9.17, 15) is 4.39 Å². The SMILES string of the molecule is Cc1cc(F)ccc1C1(C2=COCO2)NC=C2N=NC(CC(C)C)=C21. The van der Waals surface area contributed by atoms with Crippen molar-refractivity contribution in [3.63, 3.8) is 0 Å². The molecule has 0 saturated heterocycles. The molecule has 0 saturated carbocycles. The van der Waals surface area contributed by atoms with Crippen molar-refractivity contribution in [2.75, 3.05) is 6.79 Å². The predicted octanol–water partition coefficient (Wildman–Crippen LogP) is 4.39. The number of fused-ring (bicyclic) bond motifs is 1. The van der Waals surface area contributed by atoms with Crippen LogP contribution in [0, 0.1) is 18.7 Å². The minimum absolute atomic E-state index is 0.162. The average molecular weight is 341 g/mol. The van der Waals surface area contributed by atoms with Crippen molar-refractivity contribution in [3.8, 4) is 0 Å². The molecule has 0 spiro atoms. The van der Waals surface area contributed by atoms with Crippen LogP contribution >= 0.6 is 0 Å². The molecule has 130 valence electrons. The number of rotatable bonds is 4. The van der Waals surface area contributed by atoms with Gasteiger partial charge in [-0.05, 0) is 42.5 Å². The number of ether oxygens (including phenoxy) is 2. The zero-order valence-corrected chi connectivity index (χ0v) is 14.5. The van der Waals surface area contributed by atoms with Gasteiger partial charge in [-0.3, -0.25) is 0 Å². The zero-order chi connectivity index (χ0) is 17.6. The van der Waals surface area contributed by atoms with Crippen molar-refractivity contribution in [2.45, 2.75) is 32.7 Å². The van der Waals surface area contributed by atoms with Gasteiger partial charge in [0, 0.05) is 11.8 Å². The van der Waals surface area contributed by atoms with Crippen molar-refractivity contribution in [1.29, 1.82) is 0 Å². The normalized spacial score (nSPS) is 24.0. The topological polar surface area (TPSA) is 55.2 Å². The molecule has 4 rings (SSSR count). The minimum Gasteiger partial charge on any atom is -0.461 e. The van der Waals surface area contributed by atoms with Gasteiger partial charge in [0.25, 0.3) is 0 Å². The summed E-state index contributed by atoms with van der Waals surface area (Å²) in [5, 5.41) is 12.1. The van der Waals surface area contributed by atoms with E-state index in [1.807, 2.05) is 13.1 Å². The third kappa shape index (κ3) is 2.35. The molecule has 0 aliphatic carbocycles. The molecule has 5 nitrogen and oxygen atoms in total. The molecule has 3 aliphatic rings. The summed E-state index contributed by atoms with van der Waals surface area (Å²) >= 11 is 0. The molecule has 0 amide bonds. The summed E-state index contributed by atoms with van der Waals surface area (Å²) in [6.07, 6.45) is 4.26. The minimum atomic E-state index is -0.794. The molecule has 25 heavy (non-hydrogen) atoms. The van der Waals surface area contributed by atoms with Gasteiger partial charge in [-0.2, -0.15) is 5.11 Å². The fourth-order valence-electron chi connectivity index (χ4n) is 3.68. The van der Waals surface area contributed by atoms with Gasteiger partial charge in [0.05, 0.1) is 5.70 Å². The van der Waals surface area contributed by atoms with E-state index in [-0.39, 0.29) is 12.6 Å². The summed E-state index contributed by atoms with van der Waals surface area (Å²) in [5.41, 5.74) is 3.61. The van der Waals surface area contributed by atoms with Crippen LogP contribution in [0.25, 0.3) is 0 Å². The Balaban J connectivity index is 1.94. The third-order valence-electron chi connectivity index (χ3n) is 4.66. The molecule has 3 heterocycles. The van der Waals surface area contributed by atoms with Crippen molar-refractivity contribution in [1.82, 2.24) is 5.32 Å². The first kappa shape index (κ1) is 15.9. The summed E-state index contributed by atoms with van der Waals surface area (Å²) in [6.45, 7) is 6.34. The number of nitrogens with one attached hydrogen (secondary N) is 1. The van der Waals surface area contributed by atoms with Crippen LogP contribution in [0.5, 0.6) is 0 Å². The van der Waals surface area contributed by atoms with E-state index in [0.29, 0.717) is 11.7 Å². The second-order valence-corrected chi connectivity index (χ2v) is 6.91. The van der Waals surface area contributed by atoms with Crippen LogP contribution in [0.1, 0.15) is 31.4 Å². The Kier molecular flexibility index (Phi) is 3.63. The molecule has 1 aromatic rings. The lowest BCUT2D eigenvalue weighted by atomic mass is 9.78. The van der Waals surface area contributed by atoms with E-state index in [0.717, 1.165) is 34.5 Å². The molecule has 1 atom stereocenters. The van der Waals surface area contributed by atoms with E-state index in [1.54, 1.807) is 12.3 Å². The van der Waals surface area contributed by atoms with E-state index in [1.165, 1.54) is 12.1 Å². The highest BCUT2D eigenvalue weighted by Gasteiger charge is 2.51. The Morgan fingerprint density at radius 1 is 1.32 bits per heavy atom. The van der Waals surface area contributed by atoms with E-state index in [2.05, 4.69) is 29.4 Å². The maximum absolute atomic E-state index is 13.7. The van der Waals surface area contributed by atoms with Gasteiger partial charge in [-0.25, -0.2) is 4.39 Å². The summed E-state index contributed by atoms with van der Waals surface area (Å²) in [4.78, 5) is 0. The first-order chi connectivity index (χ1) is 12.0. The maximum atomic E-state index is 13.7. The lowest BCUT2D eigenvalue weighted by Crippen LogP contribution is -2.41. The van der Waals surface area contributed by atoms with Gasteiger partial charge in [-0.15, -0.1) is 5.11 Å². The van der Waals surface area contributed by atoms with Crippen LogP contribution in [0.15, 0.2) is 63.6 Å². The highest BCUT2D eigenvalue weighted by molar-refractivity contribution is 5.60. The Hall–Kier alpha value is -2.63. The Morgan fingerprint density at radius 2 is 2.16 bits per heavy atom. The number of hydrogen-bond donors (Lipinski definition) is 1. The van der Waals surface area contributed by atoms with Crippen LogP contribution in [0.3, 0.4) is 0 Å². The highest BCUT2D eigenvalue weighted by Crippen LogP contribution is 2.51. The molecular formula is C19H20FN3O2. The van der Waals surface area contributed by atoms with Crippen molar-refractivity contribution >= 4 is 0 Å². The molecule has 0 bridgehead atoms. The van der Waals surface area contributed by atoms with Gasteiger partial charge in [-0.1, -0.05) is 19.9 Å². The Labute approximate surface area is 145 Å². The molecule has 6 heteroatoms. The van der Waals surface area contributed by atoms with Crippen LogP contribution in [-0.4, -0.2) is 6.79 Å². The van der Waals surface area contributed by atoms with Crippen molar-refractivity contribution < 1.29 is 13.9 Å². The van der Waals surface area contributed by atoms with Crippen molar-refractivity contribution in [2.24, 2.45) is 16.1 Å². The highest BCUT2D eigenvalue weighted by atomic mass is 19.1. The van der Waals surface area contributed by atoms with E-state index < -0.39 is 5.54 Å². The second kappa shape index (κ2) is 5.72. The summed E-state index contributed by atoms with van der Waals surface area (Å²) in [5.74, 6) is 0.803. The van der Waals surface area contributed by atoms with Crippen molar-refractivity contribution in [3.05, 3.63) is 70.3 Å². The van der Waals surface area contributed by atoms with Gasteiger partial charge >= 0.3 is 0 Å². The van der Waals surface area contributed by atoms with Gasteiger partial charge in [0.1, 0.15) is 17.8 Å². The van der Waals surface area contributed by atoms with Gasteiger partial charge in [0.15, 0.2) is 11.3 Å². The number of aryl methyl sites for hydroxylation is 1. The summed E-state index contributed by atoms with van der Waals surface area (Å²) in [6, 6.07) is 4.78. The number of benzene rings is 1. The predicted molar refractivity (Wildman–Crippen MR) is 90.5 cm³/mol. The van der Waals surface area contributed by atoms with E-state index >= 15 is 0 Å². The molecule has 1 aromatic carbocycles. The quantitative estimate of drug-likeness (QED) is 0.884. The standard InChI is InChI=1S/C19H20FN3O2/c1-11(2)6-15-18-16(23-22-15)8-21-19(18,17-9-24-10-25-17)14-5-4-13(20)7-12(14)3/h4-5,7-9,11,21H,6,10H2,1-3H3. The number of allylic oxidation sites excluding steroid dienone is 1. The number of azo groups is 1. The van der Waals surface area contributed by atoms with Crippen LogP contribution in [-0.2, 0) is 15.0 Å². The fourth-order valence-corrected chi connectivity index (χ4v) is 3.68. The third-order valence-corrected chi connectivity index (χ3v) is 4.66. The van der Waals surface area contributed by atoms with Crippen LogP contribution in [0.4, 0.5) is 4.39 Å². The molecule has 0 aromatic heterocycles. The molecule has 1 unspecified atom stereocenters. The zero-order valence-electron chi connectivity index (χ0n) is 14.5. The van der Waals surface area contributed by atoms with E-state index in [4.69, 9.17) is 9.47 Å². The lowest BCUT2D eigenvalue weighted by molar-refractivity contribution is 0.0679. The number of halogens is 1.